The van der Waals surface area contributed by atoms with Gasteiger partial charge in [-0.2, -0.15) is 4.98 Å². The summed E-state index contributed by atoms with van der Waals surface area (Å²) in [5, 5.41) is 11.7. The highest BCUT2D eigenvalue weighted by Crippen LogP contribution is 2.32. The molecule has 0 atom stereocenters. The average Bonchev–Trinajstić information content (AvgIpc) is 3.01. The summed E-state index contributed by atoms with van der Waals surface area (Å²) in [6, 6.07) is 20.1. The lowest BCUT2D eigenvalue weighted by Crippen LogP contribution is -2.13. The zero-order chi connectivity index (χ0) is 19.7. The number of fused-ring (bicyclic) bond motifs is 1. The summed E-state index contributed by atoms with van der Waals surface area (Å²) in [6.45, 7) is 0. The van der Waals surface area contributed by atoms with Gasteiger partial charge in [-0.25, -0.2) is 8.42 Å². The van der Waals surface area contributed by atoms with Gasteiger partial charge in [0.25, 0.3) is 10.0 Å². The molecule has 4 rings (SSSR count). The monoisotopic (exact) mass is 474 g/mol. The minimum absolute atomic E-state index is 0.137. The van der Waals surface area contributed by atoms with Crippen molar-refractivity contribution in [1.29, 1.82) is 0 Å². The van der Waals surface area contributed by atoms with Crippen molar-refractivity contribution in [2.45, 2.75) is 11.3 Å². The standard InChI is InChI=1S/C20H15BrN2O3S2/c21-15-10-8-13(9-11-15)12-17-19(24)22-20(27-17)23-28(25,26)18-7-3-5-14-4-1-2-6-16(14)18/h1-11,24H,12H2,(H,22,23). The number of nitrogens with zero attached hydrogens (tertiary/aromatic N) is 1. The Bertz CT molecular complexity index is 1250. The molecule has 0 aliphatic heterocycles. The van der Waals surface area contributed by atoms with Gasteiger partial charge in [0.2, 0.25) is 5.88 Å². The number of aromatic hydroxyl groups is 1. The molecule has 0 radical (unpaired) electrons. The van der Waals surface area contributed by atoms with E-state index in [4.69, 9.17) is 0 Å². The summed E-state index contributed by atoms with van der Waals surface area (Å²) in [6.07, 6.45) is 0.465. The maximum Gasteiger partial charge on any atom is 0.264 e. The lowest BCUT2D eigenvalue weighted by molar-refractivity contribution is 0.453. The number of hydrogen-bond donors (Lipinski definition) is 2. The number of thiazole rings is 1. The van der Waals surface area contributed by atoms with Crippen molar-refractivity contribution in [3.05, 3.63) is 81.6 Å². The van der Waals surface area contributed by atoms with Gasteiger partial charge in [0, 0.05) is 16.3 Å². The molecule has 1 aromatic heterocycles. The van der Waals surface area contributed by atoms with E-state index in [1.807, 2.05) is 42.5 Å². The second-order valence-corrected chi connectivity index (χ2v) is 9.80. The molecule has 0 aliphatic carbocycles. The molecule has 0 unspecified atom stereocenters. The Morgan fingerprint density at radius 3 is 2.50 bits per heavy atom. The molecule has 0 saturated carbocycles. The van der Waals surface area contributed by atoms with Crippen LogP contribution in [0.15, 0.2) is 76.1 Å². The van der Waals surface area contributed by atoms with Crippen molar-refractivity contribution >= 4 is 53.2 Å². The summed E-state index contributed by atoms with van der Waals surface area (Å²) in [4.78, 5) is 4.76. The number of anilines is 1. The van der Waals surface area contributed by atoms with Crippen LogP contribution in [0.5, 0.6) is 5.88 Å². The van der Waals surface area contributed by atoms with E-state index in [-0.39, 0.29) is 15.9 Å². The van der Waals surface area contributed by atoms with Crippen molar-refractivity contribution in [1.82, 2.24) is 4.98 Å². The van der Waals surface area contributed by atoms with Crippen molar-refractivity contribution in [2.24, 2.45) is 0 Å². The van der Waals surface area contributed by atoms with E-state index < -0.39 is 10.0 Å². The van der Waals surface area contributed by atoms with Crippen LogP contribution in [-0.4, -0.2) is 18.5 Å². The molecule has 28 heavy (non-hydrogen) atoms. The van der Waals surface area contributed by atoms with E-state index in [1.54, 1.807) is 24.3 Å². The van der Waals surface area contributed by atoms with Crippen LogP contribution in [0.25, 0.3) is 10.8 Å². The van der Waals surface area contributed by atoms with Crippen LogP contribution in [0.3, 0.4) is 0 Å². The molecular weight excluding hydrogens is 460 g/mol. The molecule has 0 fully saturated rings. The molecule has 0 spiro atoms. The summed E-state index contributed by atoms with van der Waals surface area (Å²) in [7, 11) is -3.84. The number of nitrogens with one attached hydrogen (secondary N) is 1. The Balaban J connectivity index is 1.62. The molecule has 3 aromatic carbocycles. The molecule has 0 amide bonds. The lowest BCUT2D eigenvalue weighted by atomic mass is 10.1. The molecule has 2 N–H and O–H groups in total. The number of benzene rings is 3. The number of aromatic nitrogens is 1. The minimum atomic E-state index is -3.84. The first-order chi connectivity index (χ1) is 13.4. The SMILES string of the molecule is O=S(=O)(Nc1nc(O)c(Cc2ccc(Br)cc2)s1)c1cccc2ccccc12. The van der Waals surface area contributed by atoms with E-state index in [9.17, 15) is 13.5 Å². The minimum Gasteiger partial charge on any atom is -0.492 e. The first-order valence-corrected chi connectivity index (χ1v) is 11.5. The quantitative estimate of drug-likeness (QED) is 0.418. The summed E-state index contributed by atoms with van der Waals surface area (Å²) < 4.78 is 29.3. The molecule has 142 valence electrons. The summed E-state index contributed by atoms with van der Waals surface area (Å²) >= 11 is 4.51. The van der Waals surface area contributed by atoms with Gasteiger partial charge in [-0.1, -0.05) is 75.8 Å². The van der Waals surface area contributed by atoms with Gasteiger partial charge in [-0.15, -0.1) is 0 Å². The van der Waals surface area contributed by atoms with Crippen LogP contribution >= 0.6 is 27.3 Å². The fourth-order valence-electron chi connectivity index (χ4n) is 2.89. The second kappa shape index (κ2) is 7.54. The van der Waals surface area contributed by atoms with Crippen LogP contribution in [0.2, 0.25) is 0 Å². The van der Waals surface area contributed by atoms with Gasteiger partial charge in [-0.05, 0) is 29.1 Å². The Morgan fingerprint density at radius 2 is 1.71 bits per heavy atom. The fraction of sp³-hybridized carbons (Fsp3) is 0.0500. The zero-order valence-corrected chi connectivity index (χ0v) is 17.7. The van der Waals surface area contributed by atoms with Crippen molar-refractivity contribution in [3.8, 4) is 5.88 Å². The predicted octanol–water partition coefficient (Wildman–Crippen LogP) is 5.16. The highest BCUT2D eigenvalue weighted by molar-refractivity contribution is 9.10. The van der Waals surface area contributed by atoms with Crippen LogP contribution in [0.1, 0.15) is 10.4 Å². The van der Waals surface area contributed by atoms with E-state index in [1.165, 1.54) is 0 Å². The van der Waals surface area contributed by atoms with Crippen molar-refractivity contribution in [2.75, 3.05) is 4.72 Å². The molecule has 1 heterocycles. The zero-order valence-electron chi connectivity index (χ0n) is 14.5. The molecule has 0 bridgehead atoms. The lowest BCUT2D eigenvalue weighted by Gasteiger charge is -2.08. The van der Waals surface area contributed by atoms with E-state index >= 15 is 0 Å². The van der Waals surface area contributed by atoms with Crippen LogP contribution in [0.4, 0.5) is 5.13 Å². The topological polar surface area (TPSA) is 79.3 Å². The Labute approximate surface area is 174 Å². The number of sulfonamides is 1. The number of rotatable bonds is 5. The Kier molecular flexibility index (Phi) is 5.09. The normalized spacial score (nSPS) is 11.6. The Morgan fingerprint density at radius 1 is 1.00 bits per heavy atom. The molecular formula is C20H15BrN2O3S2. The second-order valence-electron chi connectivity index (χ2n) is 6.15. The van der Waals surface area contributed by atoms with Crippen LogP contribution < -0.4 is 4.72 Å². The third kappa shape index (κ3) is 3.89. The predicted molar refractivity (Wildman–Crippen MR) is 115 cm³/mol. The average molecular weight is 475 g/mol. The van der Waals surface area contributed by atoms with Gasteiger partial charge in [0.05, 0.1) is 9.77 Å². The molecule has 5 nitrogen and oxygen atoms in total. The summed E-state index contributed by atoms with van der Waals surface area (Å²) in [5.74, 6) is -0.163. The largest absolute Gasteiger partial charge is 0.492 e. The van der Waals surface area contributed by atoms with E-state index in [0.717, 1.165) is 26.8 Å². The third-order valence-corrected chi connectivity index (χ3v) is 7.23. The van der Waals surface area contributed by atoms with Gasteiger partial charge >= 0.3 is 0 Å². The number of halogens is 1. The Hall–Kier alpha value is -2.42. The molecule has 0 aliphatic rings. The maximum atomic E-state index is 12.9. The third-order valence-electron chi connectivity index (χ3n) is 4.22. The fourth-order valence-corrected chi connectivity index (χ4v) is 5.51. The van der Waals surface area contributed by atoms with Gasteiger partial charge in [-0.3, -0.25) is 4.72 Å². The van der Waals surface area contributed by atoms with Gasteiger partial charge in [0.15, 0.2) is 5.13 Å². The molecule has 4 aromatic rings. The highest BCUT2D eigenvalue weighted by atomic mass is 79.9. The molecule has 0 saturated heterocycles. The van der Waals surface area contributed by atoms with Crippen molar-refractivity contribution in [3.63, 3.8) is 0 Å². The van der Waals surface area contributed by atoms with Crippen molar-refractivity contribution < 1.29 is 13.5 Å². The van der Waals surface area contributed by atoms with Gasteiger partial charge < -0.3 is 5.11 Å². The molecule has 8 heteroatoms. The van der Waals surface area contributed by atoms with E-state index in [0.29, 0.717) is 16.7 Å². The van der Waals surface area contributed by atoms with E-state index in [2.05, 4.69) is 25.6 Å². The van der Waals surface area contributed by atoms with Crippen LogP contribution in [-0.2, 0) is 16.4 Å². The highest BCUT2D eigenvalue weighted by Gasteiger charge is 2.20. The maximum absolute atomic E-state index is 12.9. The first kappa shape index (κ1) is 18.9. The van der Waals surface area contributed by atoms with Crippen LogP contribution in [0, 0.1) is 0 Å². The smallest absolute Gasteiger partial charge is 0.264 e. The first-order valence-electron chi connectivity index (χ1n) is 8.36. The summed E-state index contributed by atoms with van der Waals surface area (Å²) in [5.41, 5.74) is 0.991. The number of hydrogen-bond acceptors (Lipinski definition) is 5. The van der Waals surface area contributed by atoms with Gasteiger partial charge in [0.1, 0.15) is 0 Å².